The van der Waals surface area contributed by atoms with Gasteiger partial charge in [0.25, 0.3) is 0 Å². The lowest BCUT2D eigenvalue weighted by Gasteiger charge is -2.29. The fraction of sp³-hybridized carbons (Fsp3) is 1.00. The molecule has 1 aliphatic rings. The second-order valence-electron chi connectivity index (χ2n) is 2.96. The highest BCUT2D eigenvalue weighted by Crippen LogP contribution is 2.28. The Morgan fingerprint density at radius 1 is 1.25 bits per heavy atom. The Hall–Kier alpha value is -0.230. The third-order valence-corrected chi connectivity index (χ3v) is 3.29. The quantitative estimate of drug-likeness (QED) is 0.586. The van der Waals surface area contributed by atoms with E-state index in [0.717, 1.165) is 0 Å². The van der Waals surface area contributed by atoms with Gasteiger partial charge in [0.15, 0.2) is 0 Å². The SMILES string of the molecule is O=S(=O)([O-])C1CCC(F)CC1F. The van der Waals surface area contributed by atoms with E-state index in [1.807, 2.05) is 0 Å². The topological polar surface area (TPSA) is 57.2 Å². The van der Waals surface area contributed by atoms with Gasteiger partial charge in [-0.05, 0) is 12.8 Å². The molecule has 1 aliphatic carbocycles. The van der Waals surface area contributed by atoms with Gasteiger partial charge in [-0.15, -0.1) is 0 Å². The summed E-state index contributed by atoms with van der Waals surface area (Å²) in [6.07, 6.45) is -3.85. The third-order valence-electron chi connectivity index (χ3n) is 2.02. The fourth-order valence-corrected chi connectivity index (χ4v) is 2.26. The first kappa shape index (κ1) is 9.85. The molecule has 0 bridgehead atoms. The summed E-state index contributed by atoms with van der Waals surface area (Å²) in [7, 11) is -4.59. The average molecular weight is 199 g/mol. The minimum absolute atomic E-state index is 0.0352. The van der Waals surface area contributed by atoms with E-state index in [-0.39, 0.29) is 12.8 Å². The van der Waals surface area contributed by atoms with Crippen molar-refractivity contribution in [3.63, 3.8) is 0 Å². The van der Waals surface area contributed by atoms with Gasteiger partial charge in [0, 0.05) is 6.42 Å². The molecule has 72 valence electrons. The zero-order chi connectivity index (χ0) is 9.35. The molecule has 12 heavy (non-hydrogen) atoms. The first-order chi connectivity index (χ1) is 5.41. The summed E-state index contributed by atoms with van der Waals surface area (Å²) < 4.78 is 56.4. The average Bonchev–Trinajstić information content (AvgIpc) is 1.83. The summed E-state index contributed by atoms with van der Waals surface area (Å²) in [5, 5.41) is -1.54. The van der Waals surface area contributed by atoms with Crippen molar-refractivity contribution in [2.45, 2.75) is 36.9 Å². The standard InChI is InChI=1S/C6H10F2O3S/c7-4-1-2-6(5(8)3-4)12(9,10)11/h4-6H,1-3H2,(H,9,10,11)/p-1. The molecule has 6 heteroatoms. The fourth-order valence-electron chi connectivity index (χ4n) is 1.37. The Morgan fingerprint density at radius 2 is 1.83 bits per heavy atom. The molecule has 3 atom stereocenters. The van der Waals surface area contributed by atoms with E-state index >= 15 is 0 Å². The van der Waals surface area contributed by atoms with E-state index in [1.165, 1.54) is 0 Å². The molecule has 0 heterocycles. The summed E-state index contributed by atoms with van der Waals surface area (Å²) in [6.45, 7) is 0. The summed E-state index contributed by atoms with van der Waals surface area (Å²) in [5.41, 5.74) is 0. The van der Waals surface area contributed by atoms with Crippen LogP contribution in [0.25, 0.3) is 0 Å². The van der Waals surface area contributed by atoms with E-state index in [0.29, 0.717) is 0 Å². The van der Waals surface area contributed by atoms with Crippen LogP contribution in [-0.4, -0.2) is 30.6 Å². The normalized spacial score (nSPS) is 38.1. The van der Waals surface area contributed by atoms with Crippen LogP contribution < -0.4 is 0 Å². The molecule has 0 radical (unpaired) electrons. The highest BCUT2D eigenvalue weighted by atomic mass is 32.2. The van der Waals surface area contributed by atoms with Gasteiger partial charge in [-0.25, -0.2) is 17.2 Å². The Kier molecular flexibility index (Phi) is 2.67. The largest absolute Gasteiger partial charge is 0.748 e. The van der Waals surface area contributed by atoms with Crippen LogP contribution in [0.15, 0.2) is 0 Å². The van der Waals surface area contributed by atoms with Crippen LogP contribution in [0.5, 0.6) is 0 Å². The van der Waals surface area contributed by atoms with Gasteiger partial charge < -0.3 is 4.55 Å². The van der Waals surface area contributed by atoms with Crippen molar-refractivity contribution in [1.29, 1.82) is 0 Å². The monoisotopic (exact) mass is 199 g/mol. The molecule has 1 rings (SSSR count). The molecule has 1 fully saturated rings. The number of halogens is 2. The van der Waals surface area contributed by atoms with Crippen molar-refractivity contribution in [1.82, 2.24) is 0 Å². The van der Waals surface area contributed by atoms with E-state index in [4.69, 9.17) is 0 Å². The molecule has 3 nitrogen and oxygen atoms in total. The van der Waals surface area contributed by atoms with Gasteiger partial charge in [-0.2, -0.15) is 0 Å². The number of rotatable bonds is 1. The van der Waals surface area contributed by atoms with Crippen molar-refractivity contribution in [2.24, 2.45) is 0 Å². The van der Waals surface area contributed by atoms with Crippen LogP contribution in [0.2, 0.25) is 0 Å². The van der Waals surface area contributed by atoms with E-state index in [2.05, 4.69) is 0 Å². The first-order valence-electron chi connectivity index (χ1n) is 3.64. The van der Waals surface area contributed by atoms with E-state index in [1.54, 1.807) is 0 Å². The van der Waals surface area contributed by atoms with Crippen molar-refractivity contribution in [2.75, 3.05) is 0 Å². The highest BCUT2D eigenvalue weighted by Gasteiger charge is 2.34. The lowest BCUT2D eigenvalue weighted by atomic mass is 9.97. The van der Waals surface area contributed by atoms with Gasteiger partial charge >= 0.3 is 0 Å². The summed E-state index contributed by atoms with van der Waals surface area (Å²) >= 11 is 0. The van der Waals surface area contributed by atoms with E-state index < -0.39 is 34.1 Å². The summed E-state index contributed by atoms with van der Waals surface area (Å²) in [6, 6.07) is 0. The van der Waals surface area contributed by atoms with Crippen LogP contribution in [0.1, 0.15) is 19.3 Å². The molecule has 3 unspecified atom stereocenters. The Labute approximate surface area is 69.5 Å². The van der Waals surface area contributed by atoms with E-state index in [9.17, 15) is 21.8 Å². The van der Waals surface area contributed by atoms with Gasteiger partial charge in [-0.3, -0.25) is 0 Å². The second-order valence-corrected chi connectivity index (χ2v) is 4.55. The molecule has 0 aromatic heterocycles. The zero-order valence-electron chi connectivity index (χ0n) is 6.24. The van der Waals surface area contributed by atoms with Crippen LogP contribution in [-0.2, 0) is 10.1 Å². The zero-order valence-corrected chi connectivity index (χ0v) is 7.06. The smallest absolute Gasteiger partial charge is 0.119 e. The molecule has 0 saturated heterocycles. The Balaban J connectivity index is 2.69. The molecule has 0 amide bonds. The highest BCUT2D eigenvalue weighted by molar-refractivity contribution is 7.86. The summed E-state index contributed by atoms with van der Waals surface area (Å²) in [5.74, 6) is 0. The molecular formula is C6H9F2O3S-. The number of alkyl halides is 2. The predicted molar refractivity (Wildman–Crippen MR) is 37.1 cm³/mol. The molecule has 0 N–H and O–H groups in total. The number of hydrogen-bond donors (Lipinski definition) is 0. The molecule has 0 aromatic rings. The maximum Gasteiger partial charge on any atom is 0.119 e. The van der Waals surface area contributed by atoms with Crippen molar-refractivity contribution < 1.29 is 21.8 Å². The molecule has 1 saturated carbocycles. The number of hydrogen-bond acceptors (Lipinski definition) is 3. The Morgan fingerprint density at radius 3 is 2.25 bits per heavy atom. The molecular weight excluding hydrogens is 190 g/mol. The van der Waals surface area contributed by atoms with Crippen LogP contribution in [0.3, 0.4) is 0 Å². The molecule has 0 spiro atoms. The molecule has 0 aromatic carbocycles. The van der Waals surface area contributed by atoms with Crippen molar-refractivity contribution in [3.05, 3.63) is 0 Å². The second kappa shape index (κ2) is 3.26. The first-order valence-corrected chi connectivity index (χ1v) is 5.11. The van der Waals surface area contributed by atoms with Crippen LogP contribution in [0.4, 0.5) is 8.78 Å². The minimum atomic E-state index is -4.59. The van der Waals surface area contributed by atoms with Gasteiger partial charge in [-0.1, -0.05) is 0 Å². The lowest BCUT2D eigenvalue weighted by molar-refractivity contribution is 0.157. The summed E-state index contributed by atoms with van der Waals surface area (Å²) in [4.78, 5) is 0. The van der Waals surface area contributed by atoms with Crippen molar-refractivity contribution in [3.8, 4) is 0 Å². The van der Waals surface area contributed by atoms with Gasteiger partial charge in [0.2, 0.25) is 0 Å². The molecule has 0 aliphatic heterocycles. The lowest BCUT2D eigenvalue weighted by Crippen LogP contribution is -2.37. The van der Waals surface area contributed by atoms with Crippen molar-refractivity contribution >= 4 is 10.1 Å². The minimum Gasteiger partial charge on any atom is -0.748 e. The third kappa shape index (κ3) is 2.13. The maximum absolute atomic E-state index is 12.8. The van der Waals surface area contributed by atoms with Crippen LogP contribution in [0, 0.1) is 0 Å². The van der Waals surface area contributed by atoms with Gasteiger partial charge in [0.05, 0.1) is 5.25 Å². The van der Waals surface area contributed by atoms with Gasteiger partial charge in [0.1, 0.15) is 22.5 Å². The maximum atomic E-state index is 12.8. The van der Waals surface area contributed by atoms with Crippen LogP contribution >= 0.6 is 0 Å². The predicted octanol–water partition coefficient (Wildman–Crippen LogP) is 0.760. The Bertz CT molecular complexity index is 252.